The number of carbonyl (C=O) groups is 1. The zero-order valence-electron chi connectivity index (χ0n) is 4.94. The summed E-state index contributed by atoms with van der Waals surface area (Å²) in [4.78, 5) is 10.5. The molecule has 0 aromatic heterocycles. The highest BCUT2D eigenvalue weighted by molar-refractivity contribution is 9.25. The normalized spacial score (nSPS) is 10.7. The van der Waals surface area contributed by atoms with Crippen molar-refractivity contribution < 1.29 is 13.9 Å². The first-order chi connectivity index (χ1) is 4.48. The molecule has 0 aromatic carbocycles. The van der Waals surface area contributed by atoms with Crippen LogP contribution in [0, 0.1) is 0 Å². The second-order valence-electron chi connectivity index (χ2n) is 1.38. The largest absolute Gasteiger partial charge is 0.458 e. The quantitative estimate of drug-likeness (QED) is 0.448. The van der Waals surface area contributed by atoms with Gasteiger partial charge in [-0.2, -0.15) is 0 Å². The first-order valence-electron chi connectivity index (χ1n) is 2.33. The van der Waals surface area contributed by atoms with E-state index >= 15 is 0 Å². The van der Waals surface area contributed by atoms with Crippen LogP contribution in [-0.4, -0.2) is 16.1 Å². The summed E-state index contributed by atoms with van der Waals surface area (Å²) in [5.41, 5.74) is 0. The van der Waals surface area contributed by atoms with E-state index in [1.807, 2.05) is 0 Å². The van der Waals surface area contributed by atoms with Crippen molar-refractivity contribution in [3.05, 3.63) is 12.7 Å². The standard InChI is InChI=1S/C5H5Br2FO2/c1-2-3-10-4(9)5(6,7)8/h2H,1,3H2. The molecule has 0 aromatic rings. The van der Waals surface area contributed by atoms with Gasteiger partial charge in [0.2, 0.25) is 0 Å². The number of rotatable bonds is 3. The van der Waals surface area contributed by atoms with Crippen molar-refractivity contribution in [2.24, 2.45) is 0 Å². The lowest BCUT2D eigenvalue weighted by Crippen LogP contribution is -2.21. The van der Waals surface area contributed by atoms with Crippen molar-refractivity contribution in [2.75, 3.05) is 6.61 Å². The number of hydrogen-bond acceptors (Lipinski definition) is 2. The highest BCUT2D eigenvalue weighted by Gasteiger charge is 2.33. The Morgan fingerprint density at radius 1 is 1.80 bits per heavy atom. The molecule has 0 saturated heterocycles. The van der Waals surface area contributed by atoms with E-state index in [1.54, 1.807) is 0 Å². The molecule has 0 atom stereocenters. The van der Waals surface area contributed by atoms with E-state index in [0.717, 1.165) is 0 Å². The molecule has 0 spiro atoms. The third kappa shape index (κ3) is 4.00. The van der Waals surface area contributed by atoms with E-state index in [2.05, 4.69) is 43.2 Å². The zero-order chi connectivity index (χ0) is 8.20. The van der Waals surface area contributed by atoms with Crippen LogP contribution < -0.4 is 0 Å². The third-order valence-corrected chi connectivity index (χ3v) is 1.21. The topological polar surface area (TPSA) is 26.3 Å². The molecule has 0 aliphatic carbocycles. The molecule has 0 saturated carbocycles. The average Bonchev–Trinajstić information content (AvgIpc) is 1.80. The smallest absolute Gasteiger partial charge is 0.366 e. The van der Waals surface area contributed by atoms with Crippen LogP contribution in [0.25, 0.3) is 0 Å². The van der Waals surface area contributed by atoms with Crippen LogP contribution in [0.1, 0.15) is 0 Å². The molecule has 0 fully saturated rings. The van der Waals surface area contributed by atoms with E-state index in [4.69, 9.17) is 0 Å². The highest BCUT2D eigenvalue weighted by Crippen LogP contribution is 2.28. The molecule has 0 bridgehead atoms. The molecule has 10 heavy (non-hydrogen) atoms. The molecular formula is C5H5Br2FO2. The van der Waals surface area contributed by atoms with Crippen molar-refractivity contribution in [2.45, 2.75) is 3.49 Å². The molecule has 0 amide bonds. The lowest BCUT2D eigenvalue weighted by Gasteiger charge is -2.07. The summed E-state index contributed by atoms with van der Waals surface area (Å²) in [5, 5.41) is 0. The fraction of sp³-hybridized carbons (Fsp3) is 0.400. The monoisotopic (exact) mass is 274 g/mol. The predicted octanol–water partition coefficient (Wildman–Crippen LogP) is 2.13. The van der Waals surface area contributed by atoms with Crippen molar-refractivity contribution >= 4 is 37.8 Å². The molecule has 0 heterocycles. The van der Waals surface area contributed by atoms with Gasteiger partial charge < -0.3 is 4.74 Å². The number of alkyl halides is 3. The number of ether oxygens (including phenoxy) is 1. The van der Waals surface area contributed by atoms with Crippen molar-refractivity contribution in [3.63, 3.8) is 0 Å². The van der Waals surface area contributed by atoms with Crippen LogP contribution in [0.3, 0.4) is 0 Å². The van der Waals surface area contributed by atoms with E-state index in [-0.39, 0.29) is 6.61 Å². The Kier molecular flexibility index (Phi) is 4.12. The first kappa shape index (κ1) is 10.1. The number of hydrogen-bond donors (Lipinski definition) is 0. The van der Waals surface area contributed by atoms with Gasteiger partial charge in [-0.05, 0) is 31.9 Å². The Morgan fingerprint density at radius 3 is 2.60 bits per heavy atom. The Labute approximate surface area is 74.7 Å². The Bertz CT molecular complexity index is 141. The summed E-state index contributed by atoms with van der Waals surface area (Å²) in [7, 11) is 0. The van der Waals surface area contributed by atoms with Gasteiger partial charge >= 0.3 is 9.46 Å². The van der Waals surface area contributed by atoms with Gasteiger partial charge in [0.1, 0.15) is 6.61 Å². The maximum Gasteiger partial charge on any atom is 0.366 e. The molecule has 0 unspecified atom stereocenters. The van der Waals surface area contributed by atoms with Gasteiger partial charge in [-0.15, -0.1) is 0 Å². The van der Waals surface area contributed by atoms with Crippen molar-refractivity contribution in [3.8, 4) is 0 Å². The van der Waals surface area contributed by atoms with Crippen LogP contribution in [0.2, 0.25) is 0 Å². The van der Waals surface area contributed by atoms with Gasteiger partial charge in [0, 0.05) is 0 Å². The molecule has 5 heteroatoms. The minimum Gasteiger partial charge on any atom is -0.458 e. The van der Waals surface area contributed by atoms with Gasteiger partial charge in [-0.25, -0.2) is 9.18 Å². The molecule has 0 aliphatic rings. The summed E-state index contributed by atoms with van der Waals surface area (Å²) < 4.78 is 14.5. The molecule has 58 valence electrons. The van der Waals surface area contributed by atoms with Gasteiger partial charge in [0.05, 0.1) is 0 Å². The fourth-order valence-electron chi connectivity index (χ4n) is 0.216. The van der Waals surface area contributed by atoms with Gasteiger partial charge in [-0.3, -0.25) is 0 Å². The van der Waals surface area contributed by atoms with Gasteiger partial charge in [-0.1, -0.05) is 12.7 Å². The van der Waals surface area contributed by atoms with Crippen LogP contribution in [0.5, 0.6) is 0 Å². The lowest BCUT2D eigenvalue weighted by atomic mass is 10.7. The summed E-state index contributed by atoms with van der Waals surface area (Å²) in [5.74, 6) is -1.02. The molecule has 0 radical (unpaired) electrons. The number of esters is 1. The van der Waals surface area contributed by atoms with Gasteiger partial charge in [0.15, 0.2) is 0 Å². The Balaban J connectivity index is 3.74. The van der Waals surface area contributed by atoms with E-state index in [9.17, 15) is 9.18 Å². The Morgan fingerprint density at radius 2 is 2.30 bits per heavy atom. The summed E-state index contributed by atoms with van der Waals surface area (Å²) in [6, 6.07) is 0. The summed E-state index contributed by atoms with van der Waals surface area (Å²) >= 11 is 4.83. The first-order valence-corrected chi connectivity index (χ1v) is 3.92. The molecule has 2 nitrogen and oxygen atoms in total. The maximum atomic E-state index is 12.4. The van der Waals surface area contributed by atoms with E-state index in [1.165, 1.54) is 6.08 Å². The van der Waals surface area contributed by atoms with Crippen LogP contribution in [0.4, 0.5) is 4.39 Å². The molecule has 0 rings (SSSR count). The van der Waals surface area contributed by atoms with Crippen LogP contribution in [-0.2, 0) is 9.53 Å². The minimum atomic E-state index is -2.27. The highest BCUT2D eigenvalue weighted by atomic mass is 79.9. The van der Waals surface area contributed by atoms with Crippen LogP contribution in [0.15, 0.2) is 12.7 Å². The summed E-state index contributed by atoms with van der Waals surface area (Å²) in [6.45, 7) is 3.29. The molecular weight excluding hydrogens is 271 g/mol. The van der Waals surface area contributed by atoms with Crippen molar-refractivity contribution in [1.29, 1.82) is 0 Å². The SMILES string of the molecule is C=CCOC(=O)C(F)(Br)Br. The summed E-state index contributed by atoms with van der Waals surface area (Å²) in [6.07, 6.45) is 1.35. The fourth-order valence-corrected chi connectivity index (χ4v) is 0.445. The van der Waals surface area contributed by atoms with E-state index in [0.29, 0.717) is 0 Å². The second kappa shape index (κ2) is 4.08. The third-order valence-electron chi connectivity index (χ3n) is 0.564. The average molecular weight is 276 g/mol. The van der Waals surface area contributed by atoms with E-state index < -0.39 is 9.46 Å². The maximum absolute atomic E-state index is 12.4. The lowest BCUT2D eigenvalue weighted by molar-refractivity contribution is -0.145. The van der Waals surface area contributed by atoms with Crippen LogP contribution >= 0.6 is 31.9 Å². The molecule has 0 N–H and O–H groups in total. The number of halogens is 3. The molecule has 0 aliphatic heterocycles. The predicted molar refractivity (Wildman–Crippen MR) is 42.8 cm³/mol. The van der Waals surface area contributed by atoms with Gasteiger partial charge in [0.25, 0.3) is 0 Å². The van der Waals surface area contributed by atoms with Crippen molar-refractivity contribution in [1.82, 2.24) is 0 Å². The Hall–Kier alpha value is 0.1000. The zero-order valence-corrected chi connectivity index (χ0v) is 8.11. The minimum absolute atomic E-state index is 0.00169. The second-order valence-corrected chi connectivity index (χ2v) is 4.63. The number of carbonyl (C=O) groups excluding carboxylic acids is 1.